The van der Waals surface area contributed by atoms with Gasteiger partial charge in [-0.05, 0) is 22.0 Å². The molecule has 0 atom stereocenters. The summed E-state index contributed by atoms with van der Waals surface area (Å²) in [5.74, 6) is -0.0507. The second-order valence-corrected chi connectivity index (χ2v) is 4.22. The van der Waals surface area contributed by atoms with Gasteiger partial charge in [-0.25, -0.2) is 13.8 Å². The van der Waals surface area contributed by atoms with Crippen LogP contribution in [0.1, 0.15) is 6.42 Å². The van der Waals surface area contributed by atoms with Crippen molar-refractivity contribution in [3.05, 3.63) is 16.7 Å². The van der Waals surface area contributed by atoms with Crippen molar-refractivity contribution in [1.82, 2.24) is 4.98 Å². The zero-order chi connectivity index (χ0) is 13.5. The van der Waals surface area contributed by atoms with Crippen molar-refractivity contribution < 1.29 is 18.3 Å². The van der Waals surface area contributed by atoms with E-state index >= 15 is 0 Å². The van der Waals surface area contributed by atoms with Crippen LogP contribution in [-0.4, -0.2) is 30.5 Å². The normalized spacial score (nSPS) is 10.7. The number of rotatable bonds is 6. The van der Waals surface area contributed by atoms with Crippen LogP contribution in [0.15, 0.2) is 16.7 Å². The first-order valence-corrected chi connectivity index (χ1v) is 5.85. The zero-order valence-electron chi connectivity index (χ0n) is 9.33. The largest absolute Gasteiger partial charge is 0.397 e. The number of aromatic nitrogens is 1. The molecule has 5 nitrogen and oxygen atoms in total. The van der Waals surface area contributed by atoms with Gasteiger partial charge in [0.2, 0.25) is 5.91 Å². The molecule has 0 aliphatic carbocycles. The van der Waals surface area contributed by atoms with Gasteiger partial charge in [-0.1, -0.05) is 0 Å². The van der Waals surface area contributed by atoms with Gasteiger partial charge in [-0.2, -0.15) is 0 Å². The van der Waals surface area contributed by atoms with Crippen LogP contribution in [0.2, 0.25) is 0 Å². The van der Waals surface area contributed by atoms with E-state index in [1.54, 1.807) is 6.07 Å². The Hall–Kier alpha value is -1.28. The second kappa shape index (κ2) is 7.22. The summed E-state index contributed by atoms with van der Waals surface area (Å²) in [7, 11) is 0. The second-order valence-electron chi connectivity index (χ2n) is 3.36. The number of carbonyl (C=O) groups is 1. The lowest BCUT2D eigenvalue weighted by molar-refractivity contribution is -0.117. The lowest BCUT2D eigenvalue weighted by Gasteiger charge is -2.07. The lowest BCUT2D eigenvalue weighted by Crippen LogP contribution is -2.16. The van der Waals surface area contributed by atoms with Crippen LogP contribution < -0.4 is 11.1 Å². The van der Waals surface area contributed by atoms with E-state index in [4.69, 9.17) is 5.73 Å². The predicted octanol–water partition coefficient (Wildman–Crippen LogP) is 2.04. The van der Waals surface area contributed by atoms with E-state index in [-0.39, 0.29) is 18.9 Å². The summed E-state index contributed by atoms with van der Waals surface area (Å²) < 4.78 is 28.6. The van der Waals surface area contributed by atoms with Crippen molar-refractivity contribution in [2.45, 2.75) is 12.8 Å². The highest BCUT2D eigenvalue weighted by molar-refractivity contribution is 9.10. The summed E-state index contributed by atoms with van der Waals surface area (Å²) in [5.41, 5.74) is 5.95. The van der Waals surface area contributed by atoms with E-state index in [1.807, 2.05) is 0 Å². The number of carbonyl (C=O) groups excluding carboxylic acids is 1. The Bertz CT molecular complexity index is 418. The number of amides is 1. The minimum atomic E-state index is -2.53. The summed E-state index contributed by atoms with van der Waals surface area (Å²) in [6.07, 6.45) is -1.15. The van der Waals surface area contributed by atoms with Crippen LogP contribution in [0.3, 0.4) is 0 Å². The third-order valence-corrected chi connectivity index (χ3v) is 2.44. The maximum Gasteiger partial charge on any atom is 0.261 e. The van der Waals surface area contributed by atoms with Crippen molar-refractivity contribution in [2.75, 3.05) is 24.3 Å². The van der Waals surface area contributed by atoms with Crippen LogP contribution in [-0.2, 0) is 9.53 Å². The summed E-state index contributed by atoms with van der Waals surface area (Å²) in [6.45, 7) is -0.736. The Balaban J connectivity index is 2.35. The van der Waals surface area contributed by atoms with Gasteiger partial charge in [0.15, 0.2) is 0 Å². The number of nitrogen functional groups attached to an aromatic ring is 1. The molecule has 0 saturated carbocycles. The van der Waals surface area contributed by atoms with Gasteiger partial charge in [0.1, 0.15) is 12.4 Å². The fraction of sp³-hybridized carbons (Fsp3) is 0.400. The molecule has 3 N–H and O–H groups in total. The number of nitrogens with one attached hydrogen (secondary N) is 1. The fourth-order valence-corrected chi connectivity index (χ4v) is 1.54. The molecule has 0 fully saturated rings. The minimum Gasteiger partial charge on any atom is -0.397 e. The molecule has 1 rings (SSSR count). The number of pyridine rings is 1. The lowest BCUT2D eigenvalue weighted by atomic mass is 10.4. The molecule has 1 aromatic rings. The quantitative estimate of drug-likeness (QED) is 0.785. The molecule has 0 aromatic carbocycles. The monoisotopic (exact) mass is 323 g/mol. The minimum absolute atomic E-state index is 0.0226. The molecule has 1 aromatic heterocycles. The Kier molecular flexibility index (Phi) is 5.93. The third-order valence-electron chi connectivity index (χ3n) is 1.84. The van der Waals surface area contributed by atoms with Crippen LogP contribution in [0.25, 0.3) is 0 Å². The highest BCUT2D eigenvalue weighted by Crippen LogP contribution is 2.21. The van der Waals surface area contributed by atoms with Crippen LogP contribution in [0.4, 0.5) is 20.3 Å². The van der Waals surface area contributed by atoms with E-state index in [2.05, 4.69) is 31.0 Å². The molecule has 18 heavy (non-hydrogen) atoms. The molecular weight excluding hydrogens is 312 g/mol. The molecule has 100 valence electrons. The van der Waals surface area contributed by atoms with Crippen molar-refractivity contribution in [2.24, 2.45) is 0 Å². The van der Waals surface area contributed by atoms with E-state index < -0.39 is 13.0 Å². The number of anilines is 2. The van der Waals surface area contributed by atoms with Crippen molar-refractivity contribution in [1.29, 1.82) is 0 Å². The molecule has 1 amide bonds. The molecule has 0 aliphatic rings. The third kappa shape index (κ3) is 5.37. The topological polar surface area (TPSA) is 77.2 Å². The number of halogens is 3. The molecule has 8 heteroatoms. The van der Waals surface area contributed by atoms with Crippen molar-refractivity contribution in [3.8, 4) is 0 Å². The SMILES string of the molecule is Nc1cnc(NC(=O)CCOCC(F)F)c(Br)c1. The summed E-state index contributed by atoms with van der Waals surface area (Å²) in [4.78, 5) is 15.3. The fourth-order valence-electron chi connectivity index (χ4n) is 1.08. The number of ether oxygens (including phenoxy) is 1. The smallest absolute Gasteiger partial charge is 0.261 e. The van der Waals surface area contributed by atoms with Crippen molar-refractivity contribution in [3.63, 3.8) is 0 Å². The standard InChI is InChI=1S/C10H12BrF2N3O2/c11-7-3-6(14)4-15-10(7)16-9(17)1-2-18-5-8(12)13/h3-4,8H,1-2,5,14H2,(H,15,16,17). The average molecular weight is 324 g/mol. The van der Waals surface area contributed by atoms with Crippen LogP contribution in [0.5, 0.6) is 0 Å². The number of nitrogens with two attached hydrogens (primary N) is 1. The first kappa shape index (κ1) is 14.8. The van der Waals surface area contributed by atoms with E-state index in [0.29, 0.717) is 16.0 Å². The summed E-state index contributed by atoms with van der Waals surface area (Å²) in [5, 5.41) is 2.51. The van der Waals surface area contributed by atoms with Gasteiger partial charge in [0.05, 0.1) is 29.4 Å². The number of alkyl halides is 2. The van der Waals surface area contributed by atoms with Gasteiger partial charge >= 0.3 is 0 Å². The Morgan fingerprint density at radius 3 is 2.94 bits per heavy atom. The van der Waals surface area contributed by atoms with E-state index in [0.717, 1.165) is 0 Å². The van der Waals surface area contributed by atoms with Crippen LogP contribution in [0, 0.1) is 0 Å². The number of hydrogen-bond acceptors (Lipinski definition) is 4. The number of hydrogen-bond donors (Lipinski definition) is 2. The van der Waals surface area contributed by atoms with E-state index in [1.165, 1.54) is 6.20 Å². The molecule has 0 aliphatic heterocycles. The van der Waals surface area contributed by atoms with Gasteiger partial charge in [0.25, 0.3) is 6.43 Å². The maximum absolute atomic E-state index is 11.7. The zero-order valence-corrected chi connectivity index (χ0v) is 10.9. The Morgan fingerprint density at radius 1 is 1.61 bits per heavy atom. The summed E-state index contributed by atoms with van der Waals surface area (Å²) in [6, 6.07) is 1.59. The first-order chi connectivity index (χ1) is 8.49. The first-order valence-electron chi connectivity index (χ1n) is 5.06. The molecule has 0 radical (unpaired) electrons. The predicted molar refractivity (Wildman–Crippen MR) is 66.4 cm³/mol. The molecule has 0 spiro atoms. The molecule has 1 heterocycles. The molecular formula is C10H12BrF2N3O2. The highest BCUT2D eigenvalue weighted by Gasteiger charge is 2.08. The maximum atomic E-state index is 11.7. The Labute approximate surface area is 111 Å². The molecule has 0 bridgehead atoms. The Morgan fingerprint density at radius 2 is 2.33 bits per heavy atom. The van der Waals surface area contributed by atoms with Gasteiger partial charge in [-0.3, -0.25) is 4.79 Å². The molecule has 0 unspecified atom stereocenters. The van der Waals surface area contributed by atoms with Gasteiger partial charge in [0, 0.05) is 0 Å². The number of nitrogens with zero attached hydrogens (tertiary/aromatic N) is 1. The summed E-state index contributed by atoms with van der Waals surface area (Å²) >= 11 is 3.19. The van der Waals surface area contributed by atoms with Crippen LogP contribution >= 0.6 is 15.9 Å². The highest BCUT2D eigenvalue weighted by atomic mass is 79.9. The average Bonchev–Trinajstić information content (AvgIpc) is 2.28. The van der Waals surface area contributed by atoms with Gasteiger partial charge in [-0.15, -0.1) is 0 Å². The van der Waals surface area contributed by atoms with Gasteiger partial charge < -0.3 is 15.8 Å². The molecule has 0 saturated heterocycles. The van der Waals surface area contributed by atoms with E-state index in [9.17, 15) is 13.6 Å². The van der Waals surface area contributed by atoms with Crippen molar-refractivity contribution >= 4 is 33.3 Å².